The van der Waals surface area contributed by atoms with E-state index in [9.17, 15) is 0 Å². The predicted octanol–water partition coefficient (Wildman–Crippen LogP) is 5.53. The summed E-state index contributed by atoms with van der Waals surface area (Å²) in [6.07, 6.45) is 9.53. The molecule has 0 saturated heterocycles. The normalized spacial score (nSPS) is 18.3. The van der Waals surface area contributed by atoms with E-state index >= 15 is 0 Å². The van der Waals surface area contributed by atoms with Crippen LogP contribution >= 0.6 is 0 Å². The monoisotopic (exact) mass is 456 g/mol. The van der Waals surface area contributed by atoms with Crippen molar-refractivity contribution in [1.82, 2.24) is 19.5 Å². The Morgan fingerprint density at radius 1 is 1.09 bits per heavy atom. The lowest BCUT2D eigenvalue weighted by Crippen LogP contribution is -2.12. The molecule has 0 aliphatic heterocycles. The molecule has 2 radical (unpaired) electrons. The molecule has 1 fully saturated rings. The van der Waals surface area contributed by atoms with Gasteiger partial charge >= 0.3 is 0 Å². The molecule has 1 aliphatic rings. The highest BCUT2D eigenvalue weighted by atomic mass is 15.1. The molecule has 0 spiro atoms. The molecular weight excluding hydrogens is 419 g/mol. The van der Waals surface area contributed by atoms with Crippen LogP contribution in [0.4, 0.5) is 11.6 Å². The molecule has 7 heteroatoms. The van der Waals surface area contributed by atoms with Crippen molar-refractivity contribution in [1.29, 1.82) is 0 Å². The molecule has 34 heavy (non-hydrogen) atoms. The zero-order chi connectivity index (χ0) is 23.5. The first-order valence-electron chi connectivity index (χ1n) is 12.1. The number of anilines is 2. The fraction of sp³-hybridized carbons (Fsp3) is 0.444. The number of aromatic nitrogens is 4. The Morgan fingerprint density at radius 2 is 1.88 bits per heavy atom. The van der Waals surface area contributed by atoms with E-state index < -0.39 is 0 Å². The molecule has 1 aromatic carbocycles. The number of hydrogen-bond acceptors (Lipinski definition) is 5. The molecule has 0 bridgehead atoms. The van der Waals surface area contributed by atoms with Crippen LogP contribution in [-0.4, -0.2) is 27.4 Å². The topological polar surface area (TPSA) is 95.6 Å². The molecule has 4 aromatic rings. The minimum absolute atomic E-state index is 0. The Bertz CT molecular complexity index is 1250. The maximum absolute atomic E-state index is 6.02. The van der Waals surface area contributed by atoms with E-state index in [2.05, 4.69) is 50.8 Å². The second kappa shape index (κ2) is 10.9. The average molecular weight is 456 g/mol. The molecule has 3 heterocycles. The molecule has 178 valence electrons. The minimum Gasteiger partial charge on any atom is -0.384 e. The van der Waals surface area contributed by atoms with Gasteiger partial charge in [-0.05, 0) is 67.0 Å². The van der Waals surface area contributed by atoms with E-state index in [-0.39, 0.29) is 7.43 Å². The fourth-order valence-electron chi connectivity index (χ4n) is 5.21. The van der Waals surface area contributed by atoms with Crippen molar-refractivity contribution in [3.8, 4) is 0 Å². The number of hydrogen-bond donors (Lipinski definition) is 2. The molecule has 3 aromatic heterocycles. The van der Waals surface area contributed by atoms with Crippen LogP contribution in [0.25, 0.3) is 21.9 Å². The lowest BCUT2D eigenvalue weighted by Gasteiger charge is -2.21. The largest absolute Gasteiger partial charge is 0.384 e. The third kappa shape index (κ3) is 4.89. The lowest BCUT2D eigenvalue weighted by atomic mass is 9.85. The summed E-state index contributed by atoms with van der Waals surface area (Å²) >= 11 is 0. The highest BCUT2D eigenvalue weighted by molar-refractivity contribution is 6.36. The maximum Gasteiger partial charge on any atom is 0.145 e. The van der Waals surface area contributed by atoms with E-state index in [0.717, 1.165) is 28.4 Å². The molecular formula is C27H37BN6. The smallest absolute Gasteiger partial charge is 0.145 e. The van der Waals surface area contributed by atoms with E-state index in [1.807, 2.05) is 26.0 Å². The summed E-state index contributed by atoms with van der Waals surface area (Å²) in [6, 6.07) is 10.9. The van der Waals surface area contributed by atoms with Crippen LogP contribution in [0.15, 0.2) is 42.9 Å². The summed E-state index contributed by atoms with van der Waals surface area (Å²) < 4.78 is 2.29. The van der Waals surface area contributed by atoms with Crippen LogP contribution in [0.5, 0.6) is 0 Å². The number of nitrogens with zero attached hydrogens (tertiary/aromatic N) is 4. The van der Waals surface area contributed by atoms with Crippen molar-refractivity contribution in [2.24, 2.45) is 5.92 Å². The molecule has 3 unspecified atom stereocenters. The zero-order valence-electron chi connectivity index (χ0n) is 19.8. The second-order valence-corrected chi connectivity index (χ2v) is 8.81. The van der Waals surface area contributed by atoms with Gasteiger partial charge < -0.3 is 16.0 Å². The van der Waals surface area contributed by atoms with Crippen LogP contribution in [0.3, 0.4) is 0 Å². The molecule has 3 atom stereocenters. The van der Waals surface area contributed by atoms with Gasteiger partial charge in [0.25, 0.3) is 0 Å². The number of pyridine rings is 1. The third-order valence-electron chi connectivity index (χ3n) is 6.93. The minimum atomic E-state index is 0. The van der Waals surface area contributed by atoms with Gasteiger partial charge in [-0.1, -0.05) is 51.9 Å². The lowest BCUT2D eigenvalue weighted by molar-refractivity contribution is 0.416. The first kappa shape index (κ1) is 25.5. The van der Waals surface area contributed by atoms with E-state index in [0.29, 0.717) is 35.0 Å². The van der Waals surface area contributed by atoms with Crippen LogP contribution in [0, 0.1) is 5.92 Å². The summed E-state index contributed by atoms with van der Waals surface area (Å²) in [5, 5.41) is 1.98. The molecule has 1 aliphatic carbocycles. The van der Waals surface area contributed by atoms with Gasteiger partial charge in [-0.3, -0.25) is 0 Å². The van der Waals surface area contributed by atoms with E-state index in [1.54, 1.807) is 6.33 Å². The van der Waals surface area contributed by atoms with Crippen LogP contribution in [0.1, 0.15) is 77.8 Å². The predicted molar refractivity (Wildman–Crippen MR) is 146 cm³/mol. The first-order valence-corrected chi connectivity index (χ1v) is 12.1. The SMILES string of the molecule is C.CC.[B]c1cc2ccc(C(CC)CC3CCC(n4ccc5c(N)ncnc54)C3)cc2nc1N. The standard InChI is InChI=1S/C24H27BN6.C2H6.CH4/c1-2-15(16-4-5-17-11-20(25)23(27)30-21(17)12-16)9-14-3-6-18(10-14)31-8-7-19-22(26)28-13-29-24(19)31;1-2;/h4-5,7-8,11-15,18H,2-3,6,9-10H2,1H3,(H2,27,30)(H2,26,28,29);1-2H3;1H4. The van der Waals surface area contributed by atoms with Crippen molar-refractivity contribution in [2.45, 2.75) is 72.3 Å². The molecule has 5 rings (SSSR count). The van der Waals surface area contributed by atoms with Gasteiger partial charge in [0.2, 0.25) is 0 Å². The quantitative estimate of drug-likeness (QED) is 0.385. The Balaban J connectivity index is 0.00000105. The number of rotatable bonds is 5. The van der Waals surface area contributed by atoms with Crippen molar-refractivity contribution in [3.05, 3.63) is 48.4 Å². The van der Waals surface area contributed by atoms with Crippen LogP contribution < -0.4 is 16.9 Å². The fourth-order valence-corrected chi connectivity index (χ4v) is 5.21. The van der Waals surface area contributed by atoms with Crippen molar-refractivity contribution >= 4 is 46.9 Å². The van der Waals surface area contributed by atoms with Gasteiger partial charge in [0.1, 0.15) is 31.5 Å². The molecule has 0 amide bonds. The van der Waals surface area contributed by atoms with Crippen molar-refractivity contribution in [2.75, 3.05) is 11.5 Å². The van der Waals surface area contributed by atoms with E-state index in [4.69, 9.17) is 19.3 Å². The number of nitrogen functional groups attached to an aromatic ring is 2. The molecule has 6 nitrogen and oxygen atoms in total. The average Bonchev–Trinajstić information content (AvgIpc) is 3.47. The van der Waals surface area contributed by atoms with Gasteiger partial charge in [0.15, 0.2) is 0 Å². The van der Waals surface area contributed by atoms with Gasteiger partial charge in [-0.2, -0.15) is 0 Å². The van der Waals surface area contributed by atoms with Gasteiger partial charge in [0.05, 0.1) is 10.9 Å². The summed E-state index contributed by atoms with van der Waals surface area (Å²) in [7, 11) is 5.91. The third-order valence-corrected chi connectivity index (χ3v) is 6.93. The number of fused-ring (bicyclic) bond motifs is 2. The maximum atomic E-state index is 6.02. The Kier molecular flexibility index (Phi) is 8.18. The van der Waals surface area contributed by atoms with Crippen LogP contribution in [0.2, 0.25) is 0 Å². The summed E-state index contributed by atoms with van der Waals surface area (Å²) in [5.41, 5.74) is 15.7. The Labute approximate surface area is 204 Å². The van der Waals surface area contributed by atoms with Gasteiger partial charge in [0, 0.05) is 12.2 Å². The molecule has 4 N–H and O–H groups in total. The van der Waals surface area contributed by atoms with Gasteiger partial charge in [-0.25, -0.2) is 15.0 Å². The Hall–Kier alpha value is -3.09. The zero-order valence-corrected chi connectivity index (χ0v) is 19.8. The van der Waals surface area contributed by atoms with E-state index in [1.165, 1.54) is 31.2 Å². The molecule has 1 saturated carbocycles. The second-order valence-electron chi connectivity index (χ2n) is 8.81. The Morgan fingerprint density at radius 3 is 2.65 bits per heavy atom. The number of benzene rings is 1. The summed E-state index contributed by atoms with van der Waals surface area (Å²) in [5.74, 6) is 2.15. The summed E-state index contributed by atoms with van der Waals surface area (Å²) in [4.78, 5) is 13.1. The highest BCUT2D eigenvalue weighted by Gasteiger charge is 2.29. The van der Waals surface area contributed by atoms with Crippen molar-refractivity contribution in [3.63, 3.8) is 0 Å². The van der Waals surface area contributed by atoms with Crippen molar-refractivity contribution < 1.29 is 0 Å². The summed E-state index contributed by atoms with van der Waals surface area (Å²) in [6.45, 7) is 6.27. The van der Waals surface area contributed by atoms with Gasteiger partial charge in [-0.15, -0.1) is 0 Å². The first-order chi connectivity index (χ1) is 16.0. The van der Waals surface area contributed by atoms with Crippen LogP contribution in [-0.2, 0) is 0 Å². The number of nitrogens with two attached hydrogens (primary N) is 2. The highest BCUT2D eigenvalue weighted by Crippen LogP contribution is 2.42.